The van der Waals surface area contributed by atoms with E-state index in [2.05, 4.69) is 13.8 Å². The average Bonchev–Trinajstić information content (AvgIpc) is 2.17. The first-order valence-electron chi connectivity index (χ1n) is 3.02. The van der Waals surface area contributed by atoms with Crippen molar-refractivity contribution in [1.29, 1.82) is 0 Å². The van der Waals surface area contributed by atoms with Gasteiger partial charge in [-0.3, -0.25) is 0 Å². The van der Waals surface area contributed by atoms with Gasteiger partial charge in [-0.1, -0.05) is 19.7 Å². The Kier molecular flexibility index (Phi) is 1.75. The third kappa shape index (κ3) is 2.34. The molecule has 1 aliphatic heterocycles. The van der Waals surface area contributed by atoms with Crippen LogP contribution in [0.2, 0.25) is 5.82 Å². The summed E-state index contributed by atoms with van der Waals surface area (Å²) in [5, 5.41) is 0. The first-order chi connectivity index (χ1) is 3.29. The molecule has 1 aliphatic rings. The van der Waals surface area contributed by atoms with Gasteiger partial charge in [0, 0.05) is 0 Å². The Balaban J connectivity index is 1.97. The second kappa shape index (κ2) is 2.18. The highest BCUT2D eigenvalue weighted by Crippen LogP contribution is 2.38. The standard InChI is InChI=1S/C5H12BP/c1-4(2)6-5-3-7-5/h4-7H,3H2,1-2H3. The van der Waals surface area contributed by atoms with Crippen molar-refractivity contribution in [1.82, 2.24) is 0 Å². The van der Waals surface area contributed by atoms with Crippen LogP contribution in [0.5, 0.6) is 0 Å². The summed E-state index contributed by atoms with van der Waals surface area (Å²) < 4.78 is 0. The van der Waals surface area contributed by atoms with E-state index in [1.165, 1.54) is 22.0 Å². The van der Waals surface area contributed by atoms with Crippen molar-refractivity contribution in [3.05, 3.63) is 0 Å². The zero-order chi connectivity index (χ0) is 5.28. The van der Waals surface area contributed by atoms with Gasteiger partial charge >= 0.3 is 0 Å². The van der Waals surface area contributed by atoms with Crippen LogP contribution in [0.3, 0.4) is 0 Å². The first kappa shape index (κ1) is 5.63. The summed E-state index contributed by atoms with van der Waals surface area (Å²) in [5.41, 5.74) is 1.15. The fraction of sp³-hybridized carbons (Fsp3) is 1.00. The number of hydrogen-bond donors (Lipinski definition) is 0. The van der Waals surface area contributed by atoms with Crippen LogP contribution < -0.4 is 0 Å². The molecule has 0 amide bonds. The molecular formula is C5H12BP. The Labute approximate surface area is 48.1 Å². The lowest BCUT2D eigenvalue weighted by Gasteiger charge is -1.94. The molecule has 1 saturated heterocycles. The molecular weight excluding hydrogens is 102 g/mol. The normalized spacial score (nSPS) is 31.6. The summed E-state index contributed by atoms with van der Waals surface area (Å²) in [7, 11) is 2.80. The topological polar surface area (TPSA) is 0 Å². The third-order valence-corrected chi connectivity index (χ3v) is 2.47. The molecule has 0 aromatic rings. The molecule has 1 fully saturated rings. The smallest absolute Gasteiger partial charge is 0.126 e. The van der Waals surface area contributed by atoms with Gasteiger partial charge in [-0.25, -0.2) is 0 Å². The molecule has 0 spiro atoms. The van der Waals surface area contributed by atoms with E-state index in [4.69, 9.17) is 0 Å². The molecule has 40 valence electrons. The maximum absolute atomic E-state index is 2.31. The summed E-state index contributed by atoms with van der Waals surface area (Å²) in [4.78, 5) is 0. The maximum atomic E-state index is 2.31. The number of rotatable bonds is 2. The van der Waals surface area contributed by atoms with Crippen molar-refractivity contribution in [3.8, 4) is 0 Å². The summed E-state index contributed by atoms with van der Waals surface area (Å²) in [6.07, 6.45) is 1.54. The second-order valence-corrected chi connectivity index (χ2v) is 4.37. The van der Waals surface area contributed by atoms with Crippen molar-refractivity contribution in [3.63, 3.8) is 0 Å². The summed E-state index contributed by atoms with van der Waals surface area (Å²) in [5.74, 6) is 0.944. The van der Waals surface area contributed by atoms with Gasteiger partial charge in [0.2, 0.25) is 0 Å². The molecule has 0 radical (unpaired) electrons. The Hall–Kier alpha value is 0.495. The zero-order valence-corrected chi connectivity index (χ0v) is 6.07. The van der Waals surface area contributed by atoms with Crippen molar-refractivity contribution >= 4 is 15.9 Å². The molecule has 0 saturated carbocycles. The van der Waals surface area contributed by atoms with Crippen molar-refractivity contribution < 1.29 is 0 Å². The highest BCUT2D eigenvalue weighted by Gasteiger charge is 2.22. The van der Waals surface area contributed by atoms with Crippen LogP contribution in [0.4, 0.5) is 0 Å². The molecule has 0 aliphatic carbocycles. The minimum absolute atomic E-state index is 0.944. The largest absolute Gasteiger partial charge is 0.132 e. The Morgan fingerprint density at radius 2 is 2.29 bits per heavy atom. The average molecular weight is 114 g/mol. The second-order valence-electron chi connectivity index (χ2n) is 2.73. The van der Waals surface area contributed by atoms with Gasteiger partial charge in [0.1, 0.15) is 7.28 Å². The fourth-order valence-electron chi connectivity index (χ4n) is 0.819. The summed E-state index contributed by atoms with van der Waals surface area (Å²) in [6, 6.07) is 0. The lowest BCUT2D eigenvalue weighted by Crippen LogP contribution is -2.01. The molecule has 0 aromatic carbocycles. The summed E-state index contributed by atoms with van der Waals surface area (Å²) >= 11 is 0. The Morgan fingerprint density at radius 1 is 1.71 bits per heavy atom. The van der Waals surface area contributed by atoms with E-state index < -0.39 is 0 Å². The van der Waals surface area contributed by atoms with E-state index in [9.17, 15) is 0 Å². The fourth-order valence-corrected chi connectivity index (χ4v) is 1.79. The van der Waals surface area contributed by atoms with Gasteiger partial charge < -0.3 is 0 Å². The van der Waals surface area contributed by atoms with Crippen molar-refractivity contribution in [2.24, 2.45) is 0 Å². The third-order valence-electron chi connectivity index (χ3n) is 1.25. The quantitative estimate of drug-likeness (QED) is 0.374. The van der Waals surface area contributed by atoms with Gasteiger partial charge in [-0.05, 0) is 11.7 Å². The van der Waals surface area contributed by atoms with E-state index in [0.717, 1.165) is 11.4 Å². The summed E-state index contributed by atoms with van der Waals surface area (Å²) in [6.45, 7) is 4.62. The van der Waals surface area contributed by atoms with Gasteiger partial charge in [0.25, 0.3) is 0 Å². The van der Waals surface area contributed by atoms with E-state index in [-0.39, 0.29) is 0 Å². The highest BCUT2D eigenvalue weighted by atomic mass is 31.1. The highest BCUT2D eigenvalue weighted by molar-refractivity contribution is 7.51. The molecule has 1 rings (SSSR count). The Morgan fingerprint density at radius 3 is 2.43 bits per heavy atom. The van der Waals surface area contributed by atoms with Crippen LogP contribution in [0.15, 0.2) is 0 Å². The van der Waals surface area contributed by atoms with Crippen LogP contribution in [0.25, 0.3) is 0 Å². The molecule has 2 atom stereocenters. The van der Waals surface area contributed by atoms with Gasteiger partial charge in [-0.15, -0.1) is 8.58 Å². The van der Waals surface area contributed by atoms with Crippen LogP contribution in [-0.2, 0) is 0 Å². The van der Waals surface area contributed by atoms with Gasteiger partial charge in [0.05, 0.1) is 0 Å². The Bertz CT molecular complexity index is 59.1. The van der Waals surface area contributed by atoms with Crippen molar-refractivity contribution in [2.75, 3.05) is 6.16 Å². The molecule has 0 aromatic heterocycles. The van der Waals surface area contributed by atoms with Crippen LogP contribution in [-0.4, -0.2) is 19.0 Å². The SMILES string of the molecule is CC(C)BC1CP1. The maximum Gasteiger partial charge on any atom is 0.132 e. The molecule has 0 N–H and O–H groups in total. The first-order valence-corrected chi connectivity index (χ1v) is 4.31. The van der Waals surface area contributed by atoms with E-state index >= 15 is 0 Å². The van der Waals surface area contributed by atoms with E-state index in [0.29, 0.717) is 0 Å². The van der Waals surface area contributed by atoms with E-state index in [1.807, 2.05) is 0 Å². The van der Waals surface area contributed by atoms with Crippen LogP contribution in [0.1, 0.15) is 13.8 Å². The van der Waals surface area contributed by atoms with Crippen LogP contribution >= 0.6 is 8.58 Å². The molecule has 0 bridgehead atoms. The van der Waals surface area contributed by atoms with Gasteiger partial charge in [0.15, 0.2) is 0 Å². The van der Waals surface area contributed by atoms with Crippen LogP contribution in [0, 0.1) is 0 Å². The lowest BCUT2D eigenvalue weighted by molar-refractivity contribution is 1.05. The van der Waals surface area contributed by atoms with Crippen molar-refractivity contribution in [2.45, 2.75) is 25.2 Å². The van der Waals surface area contributed by atoms with E-state index in [1.54, 1.807) is 0 Å². The molecule has 2 heteroatoms. The minimum atomic E-state index is 0.944. The lowest BCUT2D eigenvalue weighted by atomic mass is 9.64. The predicted octanol–water partition coefficient (Wildman–Crippen LogP) is 1.27. The van der Waals surface area contributed by atoms with Gasteiger partial charge in [-0.2, -0.15) is 0 Å². The molecule has 7 heavy (non-hydrogen) atoms. The number of hydrogen-bond acceptors (Lipinski definition) is 0. The minimum Gasteiger partial charge on any atom is -0.126 e. The zero-order valence-electron chi connectivity index (χ0n) is 5.07. The molecule has 0 nitrogen and oxygen atoms in total. The monoisotopic (exact) mass is 114 g/mol. The molecule has 2 unspecified atom stereocenters. The predicted molar refractivity (Wildman–Crippen MR) is 39.2 cm³/mol. The molecule has 1 heterocycles.